The molecule has 2 saturated heterocycles. The van der Waals surface area contributed by atoms with Crippen molar-refractivity contribution in [2.45, 2.75) is 44.3 Å². The Morgan fingerprint density at radius 1 is 0.952 bits per heavy atom. The molecule has 12 heteroatoms. The van der Waals surface area contributed by atoms with Gasteiger partial charge < -0.3 is 29.8 Å². The van der Waals surface area contributed by atoms with Crippen molar-refractivity contribution in [1.29, 1.82) is 0 Å². The molecule has 0 bridgehead atoms. The molecule has 0 unspecified atom stereocenters. The van der Waals surface area contributed by atoms with Crippen molar-refractivity contribution in [3.63, 3.8) is 0 Å². The fraction of sp³-hybridized carbons (Fsp3) is 0.333. The van der Waals surface area contributed by atoms with Crippen LogP contribution in [-0.2, 0) is 18.9 Å². The van der Waals surface area contributed by atoms with Crippen LogP contribution in [0.2, 0.25) is 0 Å². The molecular formula is C30H33N4O7P. The number of likely N-dealkylation sites (N-methyl/N-ethyl adjacent to an activating group) is 1. The highest BCUT2D eigenvalue weighted by Crippen LogP contribution is 2.34. The standard InChI is InChI=1S/C30H33N4O7P/c1-19(35)33-15-14-24-11-13-27(30(38)32(2)23-6-4-3-5-7-23)34(24)29(37)26(18-33)31-28(36)21-9-8-20-10-12-25(42(39,40)41)17-22(20)16-21/h3-10,12,16-17,24,26-27H,11,13-15,18H2,1-2H3,(H,31,36)(H2,39,40,41)/t24-,26+,27+/m1/s1. The predicted octanol–water partition coefficient (Wildman–Crippen LogP) is 2.02. The number of nitrogens with zero attached hydrogens (tertiary/aromatic N) is 3. The number of fused-ring (bicyclic) bond motifs is 2. The van der Waals surface area contributed by atoms with Crippen LogP contribution >= 0.6 is 7.60 Å². The van der Waals surface area contributed by atoms with E-state index in [0.29, 0.717) is 42.3 Å². The monoisotopic (exact) mass is 592 g/mol. The summed E-state index contributed by atoms with van der Waals surface area (Å²) in [6.07, 6.45) is 1.60. The van der Waals surface area contributed by atoms with Crippen LogP contribution in [0.5, 0.6) is 0 Å². The fourth-order valence-electron chi connectivity index (χ4n) is 5.81. The van der Waals surface area contributed by atoms with Gasteiger partial charge in [0.2, 0.25) is 17.7 Å². The zero-order chi connectivity index (χ0) is 30.2. The van der Waals surface area contributed by atoms with Gasteiger partial charge in [0.1, 0.15) is 12.1 Å². The third kappa shape index (κ3) is 5.94. The van der Waals surface area contributed by atoms with Crippen molar-refractivity contribution in [3.05, 3.63) is 72.3 Å². The number of amides is 4. The lowest BCUT2D eigenvalue weighted by atomic mass is 10.0. The summed E-state index contributed by atoms with van der Waals surface area (Å²) in [5.74, 6) is -1.45. The summed E-state index contributed by atoms with van der Waals surface area (Å²) < 4.78 is 11.7. The van der Waals surface area contributed by atoms with Crippen LogP contribution in [0.3, 0.4) is 0 Å². The first kappa shape index (κ1) is 29.4. The van der Waals surface area contributed by atoms with Crippen molar-refractivity contribution in [2.24, 2.45) is 0 Å². The lowest BCUT2D eigenvalue weighted by Crippen LogP contribution is -2.61. The van der Waals surface area contributed by atoms with Crippen LogP contribution in [0, 0.1) is 0 Å². The summed E-state index contributed by atoms with van der Waals surface area (Å²) in [7, 11) is -2.82. The largest absolute Gasteiger partial charge is 0.356 e. The number of hydrogen-bond donors (Lipinski definition) is 3. The lowest BCUT2D eigenvalue weighted by Gasteiger charge is -2.39. The number of benzene rings is 3. The first-order valence-corrected chi connectivity index (χ1v) is 15.4. The molecule has 3 aromatic rings. The normalized spacial score (nSPS) is 21.0. The molecule has 0 aliphatic carbocycles. The molecule has 4 amide bonds. The summed E-state index contributed by atoms with van der Waals surface area (Å²) in [6.45, 7) is 1.75. The van der Waals surface area contributed by atoms with Crippen LogP contribution in [0.4, 0.5) is 5.69 Å². The number of nitrogens with one attached hydrogen (secondary N) is 1. The zero-order valence-electron chi connectivity index (χ0n) is 23.3. The van der Waals surface area contributed by atoms with Gasteiger partial charge in [0, 0.05) is 44.4 Å². The minimum Gasteiger partial charge on any atom is -0.340 e. The second kappa shape index (κ2) is 11.7. The minimum absolute atomic E-state index is 0.0471. The van der Waals surface area contributed by atoms with Gasteiger partial charge in [-0.2, -0.15) is 0 Å². The maximum atomic E-state index is 14.1. The molecule has 0 spiro atoms. The Labute approximate surface area is 243 Å². The highest BCUT2D eigenvalue weighted by atomic mass is 31.2. The molecule has 0 radical (unpaired) electrons. The summed E-state index contributed by atoms with van der Waals surface area (Å²) in [5, 5.41) is 3.74. The number of hydrogen-bond acceptors (Lipinski definition) is 5. The maximum Gasteiger partial charge on any atom is 0.356 e. The van der Waals surface area contributed by atoms with Gasteiger partial charge in [-0.15, -0.1) is 0 Å². The van der Waals surface area contributed by atoms with Crippen molar-refractivity contribution in [2.75, 3.05) is 25.0 Å². The van der Waals surface area contributed by atoms with E-state index in [2.05, 4.69) is 5.32 Å². The van der Waals surface area contributed by atoms with Gasteiger partial charge in [0.25, 0.3) is 5.91 Å². The zero-order valence-corrected chi connectivity index (χ0v) is 24.2. The first-order valence-electron chi connectivity index (χ1n) is 13.7. The number of para-hydroxylation sites is 1. The smallest absolute Gasteiger partial charge is 0.340 e. The lowest BCUT2D eigenvalue weighted by molar-refractivity contribution is -0.144. The minimum atomic E-state index is -4.49. The van der Waals surface area contributed by atoms with E-state index in [1.54, 1.807) is 30.1 Å². The summed E-state index contributed by atoms with van der Waals surface area (Å²) in [5.41, 5.74) is 0.889. The SMILES string of the molecule is CC(=O)N1CC[C@H]2CC[C@@H](C(=O)N(C)c3ccccc3)N2C(=O)[C@@H](NC(=O)c2ccc3ccc(P(=O)(O)O)cc3c2)C1. The van der Waals surface area contributed by atoms with Gasteiger partial charge in [-0.3, -0.25) is 23.7 Å². The highest BCUT2D eigenvalue weighted by Gasteiger charge is 2.46. The molecule has 11 nitrogen and oxygen atoms in total. The van der Waals surface area contributed by atoms with Crippen LogP contribution in [0.1, 0.15) is 36.5 Å². The summed E-state index contributed by atoms with van der Waals surface area (Å²) in [4.78, 5) is 77.3. The Morgan fingerprint density at radius 2 is 1.67 bits per heavy atom. The van der Waals surface area contributed by atoms with Gasteiger partial charge in [-0.05, 0) is 66.4 Å². The van der Waals surface area contributed by atoms with Crippen LogP contribution in [0.15, 0.2) is 66.7 Å². The van der Waals surface area contributed by atoms with E-state index in [1.807, 2.05) is 30.3 Å². The van der Waals surface area contributed by atoms with E-state index in [1.165, 1.54) is 34.9 Å². The number of carbonyl (C=O) groups is 4. The van der Waals surface area contributed by atoms with Crippen LogP contribution < -0.4 is 15.5 Å². The second-order valence-electron chi connectivity index (χ2n) is 10.8. The molecule has 3 aromatic carbocycles. The Kier molecular flexibility index (Phi) is 8.19. The summed E-state index contributed by atoms with van der Waals surface area (Å²) in [6, 6.07) is 16.0. The average molecular weight is 593 g/mol. The summed E-state index contributed by atoms with van der Waals surface area (Å²) >= 11 is 0. The quantitative estimate of drug-likeness (QED) is 0.384. The van der Waals surface area contributed by atoms with Gasteiger partial charge in [-0.1, -0.05) is 30.3 Å². The van der Waals surface area contributed by atoms with Crippen molar-refractivity contribution in [1.82, 2.24) is 15.1 Å². The maximum absolute atomic E-state index is 14.1. The van der Waals surface area contributed by atoms with Crippen LogP contribution in [0.25, 0.3) is 10.8 Å². The first-order chi connectivity index (χ1) is 19.9. The van der Waals surface area contributed by atoms with E-state index >= 15 is 0 Å². The van der Waals surface area contributed by atoms with Crippen LogP contribution in [-0.4, -0.2) is 81.5 Å². The highest BCUT2D eigenvalue weighted by molar-refractivity contribution is 7.60. The van der Waals surface area contributed by atoms with Crippen molar-refractivity contribution < 1.29 is 33.5 Å². The molecule has 3 atom stereocenters. The molecule has 2 heterocycles. The average Bonchev–Trinajstić information content (AvgIpc) is 3.39. The third-order valence-corrected chi connectivity index (χ3v) is 9.07. The van der Waals surface area contributed by atoms with E-state index < -0.39 is 31.5 Å². The number of anilines is 1. The van der Waals surface area contributed by atoms with Gasteiger partial charge in [0.05, 0.1) is 5.30 Å². The Balaban J connectivity index is 1.42. The van der Waals surface area contributed by atoms with Gasteiger partial charge in [-0.25, -0.2) is 0 Å². The topological polar surface area (TPSA) is 148 Å². The molecule has 2 aliphatic rings. The van der Waals surface area contributed by atoms with Crippen molar-refractivity contribution >= 4 is 53.0 Å². The van der Waals surface area contributed by atoms with Gasteiger partial charge >= 0.3 is 7.60 Å². The fourth-order valence-corrected chi connectivity index (χ4v) is 6.39. The number of carbonyl (C=O) groups excluding carboxylic acids is 4. The molecule has 42 heavy (non-hydrogen) atoms. The molecule has 0 aromatic heterocycles. The Hall–Kier alpha value is -4.05. The van der Waals surface area contributed by atoms with E-state index in [9.17, 15) is 33.5 Å². The molecule has 2 aliphatic heterocycles. The van der Waals surface area contributed by atoms with Crippen molar-refractivity contribution in [3.8, 4) is 0 Å². The molecular weight excluding hydrogens is 559 g/mol. The van der Waals surface area contributed by atoms with E-state index in [0.717, 1.165) is 0 Å². The Bertz CT molecular complexity index is 1590. The molecule has 0 saturated carbocycles. The van der Waals surface area contributed by atoms with Gasteiger partial charge in [0.15, 0.2) is 0 Å². The van der Waals surface area contributed by atoms with E-state index in [4.69, 9.17) is 0 Å². The second-order valence-corrected chi connectivity index (χ2v) is 12.4. The molecule has 5 rings (SSSR count). The number of rotatable bonds is 5. The predicted molar refractivity (Wildman–Crippen MR) is 157 cm³/mol. The third-order valence-electron chi connectivity index (χ3n) is 8.12. The Morgan fingerprint density at radius 3 is 2.36 bits per heavy atom. The molecule has 3 N–H and O–H groups in total. The van der Waals surface area contributed by atoms with E-state index in [-0.39, 0.29) is 35.3 Å². The molecule has 220 valence electrons. The molecule has 2 fully saturated rings.